The Hall–Kier alpha value is -2.83. The summed E-state index contributed by atoms with van der Waals surface area (Å²) in [7, 11) is 0. The maximum atomic E-state index is 4.53. The van der Waals surface area contributed by atoms with Crippen LogP contribution >= 0.6 is 0 Å². The summed E-state index contributed by atoms with van der Waals surface area (Å²) in [4.78, 5) is 17.2. The predicted molar refractivity (Wildman–Crippen MR) is 78.4 cm³/mol. The molecule has 0 aliphatic carbocycles. The maximum absolute atomic E-state index is 4.53. The lowest BCUT2D eigenvalue weighted by Gasteiger charge is -2.13. The molecule has 0 saturated carbocycles. The second kappa shape index (κ2) is 5.66. The summed E-state index contributed by atoms with van der Waals surface area (Å²) in [5.41, 5.74) is 1.77. The predicted octanol–water partition coefficient (Wildman–Crippen LogP) is 2.14. The molecule has 3 rings (SSSR count). The average molecular weight is 281 g/mol. The average Bonchev–Trinajstić information content (AvgIpc) is 3.02. The van der Waals surface area contributed by atoms with Crippen molar-refractivity contribution in [2.24, 2.45) is 0 Å². The molecular weight excluding hydrogens is 266 g/mol. The van der Waals surface area contributed by atoms with Crippen LogP contribution in [0, 0.1) is 6.92 Å². The zero-order valence-corrected chi connectivity index (χ0v) is 11.8. The van der Waals surface area contributed by atoms with Crippen molar-refractivity contribution in [2.75, 3.05) is 5.32 Å². The van der Waals surface area contributed by atoms with Crippen LogP contribution in [0.15, 0.2) is 36.9 Å². The summed E-state index contributed by atoms with van der Waals surface area (Å²) >= 11 is 0. The van der Waals surface area contributed by atoms with Gasteiger partial charge in [0.2, 0.25) is 0 Å². The highest BCUT2D eigenvalue weighted by Crippen LogP contribution is 2.19. The summed E-state index contributed by atoms with van der Waals surface area (Å²) in [5, 5.41) is 9.98. The van der Waals surface area contributed by atoms with Crippen LogP contribution in [0.25, 0.3) is 11.4 Å². The molecule has 0 aliphatic heterocycles. The van der Waals surface area contributed by atoms with Gasteiger partial charge in [-0.1, -0.05) is 0 Å². The lowest BCUT2D eigenvalue weighted by molar-refractivity contribution is 0.789. The molecule has 2 N–H and O–H groups in total. The van der Waals surface area contributed by atoms with Gasteiger partial charge in [-0.2, -0.15) is 5.10 Å². The Balaban J connectivity index is 1.88. The van der Waals surface area contributed by atoms with Gasteiger partial charge in [0.25, 0.3) is 0 Å². The van der Waals surface area contributed by atoms with Crippen LogP contribution in [0.1, 0.15) is 24.5 Å². The van der Waals surface area contributed by atoms with Crippen LogP contribution in [0.4, 0.5) is 5.82 Å². The van der Waals surface area contributed by atoms with Crippen molar-refractivity contribution in [1.82, 2.24) is 30.1 Å². The number of pyridine rings is 1. The zero-order chi connectivity index (χ0) is 14.7. The minimum atomic E-state index is -0.0245. The standard InChI is InChI=1S/C14H15N7/c1-9-6-12(19-10(2)13-16-8-17-21-13)20-14(18-9)11-4-3-5-15-7-11/h3-8,10H,1-2H3,(H,16,17,21)(H,18,19,20)/t10-/m1/s1. The van der Waals surface area contributed by atoms with Gasteiger partial charge in [0.15, 0.2) is 5.82 Å². The van der Waals surface area contributed by atoms with Gasteiger partial charge < -0.3 is 5.32 Å². The first-order valence-electron chi connectivity index (χ1n) is 6.60. The number of aromatic amines is 1. The van der Waals surface area contributed by atoms with E-state index in [1.54, 1.807) is 12.4 Å². The van der Waals surface area contributed by atoms with Gasteiger partial charge in [0.05, 0.1) is 6.04 Å². The molecule has 7 nitrogen and oxygen atoms in total. The van der Waals surface area contributed by atoms with Gasteiger partial charge in [-0.25, -0.2) is 15.0 Å². The quantitative estimate of drug-likeness (QED) is 0.761. The first-order valence-corrected chi connectivity index (χ1v) is 6.60. The Bertz CT molecular complexity index is 709. The molecule has 0 aromatic carbocycles. The third-order valence-corrected chi connectivity index (χ3v) is 2.98. The second-order valence-electron chi connectivity index (χ2n) is 4.70. The molecule has 0 radical (unpaired) electrons. The first kappa shape index (κ1) is 13.2. The summed E-state index contributed by atoms with van der Waals surface area (Å²) in [6.45, 7) is 3.92. The zero-order valence-electron chi connectivity index (χ0n) is 11.8. The van der Waals surface area contributed by atoms with Crippen LogP contribution < -0.4 is 5.32 Å². The highest BCUT2D eigenvalue weighted by Gasteiger charge is 2.11. The minimum Gasteiger partial charge on any atom is -0.360 e. The van der Waals surface area contributed by atoms with Crippen molar-refractivity contribution < 1.29 is 0 Å². The number of aromatic nitrogens is 6. The minimum absolute atomic E-state index is 0.0245. The molecule has 1 atom stereocenters. The molecule has 0 aliphatic rings. The first-order chi connectivity index (χ1) is 10.2. The van der Waals surface area contributed by atoms with Crippen molar-refractivity contribution >= 4 is 5.82 Å². The molecule has 0 saturated heterocycles. The largest absolute Gasteiger partial charge is 0.360 e. The van der Waals surface area contributed by atoms with Crippen LogP contribution in [-0.4, -0.2) is 30.1 Å². The molecule has 21 heavy (non-hydrogen) atoms. The molecule has 0 bridgehead atoms. The number of aryl methyl sites for hydroxylation is 1. The van der Waals surface area contributed by atoms with E-state index >= 15 is 0 Å². The molecule has 106 valence electrons. The lowest BCUT2D eigenvalue weighted by atomic mass is 10.2. The van der Waals surface area contributed by atoms with E-state index in [1.807, 2.05) is 32.0 Å². The lowest BCUT2D eigenvalue weighted by Crippen LogP contribution is -2.10. The van der Waals surface area contributed by atoms with E-state index in [9.17, 15) is 0 Å². The molecular formula is C14H15N7. The number of hydrogen-bond acceptors (Lipinski definition) is 6. The Morgan fingerprint density at radius 3 is 2.90 bits per heavy atom. The SMILES string of the molecule is Cc1cc(N[C@H](C)c2ncn[nH]2)nc(-c2cccnc2)n1. The molecule has 7 heteroatoms. The molecule has 0 spiro atoms. The Labute approximate surface area is 121 Å². The summed E-state index contributed by atoms with van der Waals surface area (Å²) in [6, 6.07) is 5.67. The molecule has 3 aromatic rings. The topological polar surface area (TPSA) is 92.3 Å². The van der Waals surface area contributed by atoms with Gasteiger partial charge in [-0.3, -0.25) is 10.1 Å². The molecule has 3 heterocycles. The Morgan fingerprint density at radius 1 is 1.29 bits per heavy atom. The summed E-state index contributed by atoms with van der Waals surface area (Å²) < 4.78 is 0. The van der Waals surface area contributed by atoms with Gasteiger partial charge in [-0.05, 0) is 26.0 Å². The fraction of sp³-hybridized carbons (Fsp3) is 0.214. The van der Waals surface area contributed by atoms with Crippen molar-refractivity contribution in [3.05, 3.63) is 48.4 Å². The Morgan fingerprint density at radius 2 is 2.19 bits per heavy atom. The molecule has 3 aromatic heterocycles. The van der Waals surface area contributed by atoms with Crippen LogP contribution in [0.2, 0.25) is 0 Å². The number of nitrogens with one attached hydrogen (secondary N) is 2. The monoisotopic (exact) mass is 281 g/mol. The van der Waals surface area contributed by atoms with Gasteiger partial charge in [0, 0.05) is 29.7 Å². The molecule has 0 unspecified atom stereocenters. The third-order valence-electron chi connectivity index (χ3n) is 2.98. The van der Waals surface area contributed by atoms with Gasteiger partial charge in [0.1, 0.15) is 18.0 Å². The van der Waals surface area contributed by atoms with Crippen molar-refractivity contribution in [3.8, 4) is 11.4 Å². The third kappa shape index (κ3) is 3.02. The number of H-pyrrole nitrogens is 1. The molecule has 0 fully saturated rings. The van der Waals surface area contributed by atoms with Crippen molar-refractivity contribution in [2.45, 2.75) is 19.9 Å². The van der Waals surface area contributed by atoms with Crippen molar-refractivity contribution in [1.29, 1.82) is 0 Å². The number of nitrogens with zero attached hydrogens (tertiary/aromatic N) is 5. The smallest absolute Gasteiger partial charge is 0.163 e. The fourth-order valence-electron chi connectivity index (χ4n) is 1.98. The van der Waals surface area contributed by atoms with E-state index in [1.165, 1.54) is 6.33 Å². The van der Waals surface area contributed by atoms with E-state index in [4.69, 9.17) is 0 Å². The van der Waals surface area contributed by atoms with Crippen LogP contribution in [-0.2, 0) is 0 Å². The van der Waals surface area contributed by atoms with Crippen molar-refractivity contribution in [3.63, 3.8) is 0 Å². The molecule has 0 amide bonds. The summed E-state index contributed by atoms with van der Waals surface area (Å²) in [5.74, 6) is 2.15. The van der Waals surface area contributed by atoms with E-state index < -0.39 is 0 Å². The van der Waals surface area contributed by atoms with Crippen LogP contribution in [0.5, 0.6) is 0 Å². The normalized spacial score (nSPS) is 12.1. The highest BCUT2D eigenvalue weighted by molar-refractivity contribution is 5.56. The highest BCUT2D eigenvalue weighted by atomic mass is 15.2. The number of anilines is 1. The van der Waals surface area contributed by atoms with E-state index in [2.05, 4.69) is 35.5 Å². The van der Waals surface area contributed by atoms with E-state index in [0.717, 1.165) is 22.9 Å². The number of hydrogen-bond donors (Lipinski definition) is 2. The Kier molecular flexibility index (Phi) is 3.55. The van der Waals surface area contributed by atoms with E-state index in [0.29, 0.717) is 5.82 Å². The van der Waals surface area contributed by atoms with Crippen LogP contribution in [0.3, 0.4) is 0 Å². The maximum Gasteiger partial charge on any atom is 0.163 e. The summed E-state index contributed by atoms with van der Waals surface area (Å²) in [6.07, 6.45) is 4.96. The second-order valence-corrected chi connectivity index (χ2v) is 4.70. The van der Waals surface area contributed by atoms with E-state index in [-0.39, 0.29) is 6.04 Å². The fourth-order valence-corrected chi connectivity index (χ4v) is 1.98. The number of rotatable bonds is 4. The van der Waals surface area contributed by atoms with Gasteiger partial charge >= 0.3 is 0 Å². The van der Waals surface area contributed by atoms with Gasteiger partial charge in [-0.15, -0.1) is 0 Å².